The Morgan fingerprint density at radius 3 is 2.52 bits per heavy atom. The lowest BCUT2D eigenvalue weighted by Crippen LogP contribution is -2.21. The standard InChI is InChI=1S/C15H13Cl2NO3/c1-21-13-5-3-2-4-10(13)14(15(19)20)18-9-6-7-11(16)12(17)8-9/h2-8,14,18H,1H3,(H,19,20). The first kappa shape index (κ1) is 15.5. The van der Waals surface area contributed by atoms with Gasteiger partial charge in [-0.05, 0) is 24.3 Å². The van der Waals surface area contributed by atoms with Gasteiger partial charge in [-0.1, -0.05) is 41.4 Å². The van der Waals surface area contributed by atoms with E-state index in [-0.39, 0.29) is 0 Å². The molecular formula is C15H13Cl2NO3. The maximum absolute atomic E-state index is 11.5. The number of carbonyl (C=O) groups is 1. The number of rotatable bonds is 5. The molecule has 0 aliphatic carbocycles. The SMILES string of the molecule is COc1ccccc1C(Nc1ccc(Cl)c(Cl)c1)C(=O)O. The fraction of sp³-hybridized carbons (Fsp3) is 0.133. The van der Waals surface area contributed by atoms with E-state index in [0.29, 0.717) is 27.0 Å². The maximum atomic E-state index is 11.5. The van der Waals surface area contributed by atoms with Gasteiger partial charge in [-0.25, -0.2) is 4.79 Å². The van der Waals surface area contributed by atoms with Crippen molar-refractivity contribution in [3.8, 4) is 5.75 Å². The van der Waals surface area contributed by atoms with E-state index in [1.54, 1.807) is 42.5 Å². The van der Waals surface area contributed by atoms with Gasteiger partial charge in [-0.2, -0.15) is 0 Å². The van der Waals surface area contributed by atoms with Gasteiger partial charge in [0.15, 0.2) is 6.04 Å². The van der Waals surface area contributed by atoms with Crippen LogP contribution in [0.2, 0.25) is 10.0 Å². The Labute approximate surface area is 132 Å². The first-order valence-corrected chi connectivity index (χ1v) is 6.86. The minimum Gasteiger partial charge on any atom is -0.496 e. The zero-order chi connectivity index (χ0) is 15.4. The Hall–Kier alpha value is -1.91. The van der Waals surface area contributed by atoms with Gasteiger partial charge in [-0.15, -0.1) is 0 Å². The molecule has 0 heterocycles. The van der Waals surface area contributed by atoms with Gasteiger partial charge in [0.25, 0.3) is 0 Å². The monoisotopic (exact) mass is 325 g/mol. The number of para-hydroxylation sites is 1. The Morgan fingerprint density at radius 1 is 1.19 bits per heavy atom. The number of benzene rings is 2. The summed E-state index contributed by atoms with van der Waals surface area (Å²) in [6.07, 6.45) is 0. The lowest BCUT2D eigenvalue weighted by molar-refractivity contribution is -0.138. The lowest BCUT2D eigenvalue weighted by Gasteiger charge is -2.18. The van der Waals surface area contributed by atoms with Crippen molar-refractivity contribution in [1.29, 1.82) is 0 Å². The first-order chi connectivity index (χ1) is 10.0. The van der Waals surface area contributed by atoms with Gasteiger partial charge in [0.1, 0.15) is 5.75 Å². The molecule has 0 saturated carbocycles. The topological polar surface area (TPSA) is 58.6 Å². The predicted octanol–water partition coefficient (Wildman–Crippen LogP) is 4.24. The summed E-state index contributed by atoms with van der Waals surface area (Å²) >= 11 is 11.8. The van der Waals surface area contributed by atoms with Crippen molar-refractivity contribution in [2.24, 2.45) is 0 Å². The zero-order valence-electron chi connectivity index (χ0n) is 11.1. The van der Waals surface area contributed by atoms with E-state index >= 15 is 0 Å². The Bertz CT molecular complexity index is 661. The molecule has 0 bridgehead atoms. The number of carboxylic acid groups (broad SMARTS) is 1. The van der Waals surface area contributed by atoms with Crippen LogP contribution in [0, 0.1) is 0 Å². The van der Waals surface area contributed by atoms with Gasteiger partial charge < -0.3 is 15.2 Å². The molecule has 0 saturated heterocycles. The second-order valence-electron chi connectivity index (χ2n) is 4.29. The number of carboxylic acids is 1. The summed E-state index contributed by atoms with van der Waals surface area (Å²) in [4.78, 5) is 11.5. The van der Waals surface area contributed by atoms with E-state index < -0.39 is 12.0 Å². The van der Waals surface area contributed by atoms with E-state index in [2.05, 4.69) is 5.32 Å². The third kappa shape index (κ3) is 3.60. The van der Waals surface area contributed by atoms with E-state index in [0.717, 1.165) is 0 Å². The average Bonchev–Trinajstić information content (AvgIpc) is 2.48. The number of hydrogen-bond acceptors (Lipinski definition) is 3. The molecule has 2 aromatic carbocycles. The highest BCUT2D eigenvalue weighted by atomic mass is 35.5. The van der Waals surface area contributed by atoms with Crippen molar-refractivity contribution in [3.05, 3.63) is 58.1 Å². The first-order valence-electron chi connectivity index (χ1n) is 6.10. The summed E-state index contributed by atoms with van der Waals surface area (Å²) in [6.45, 7) is 0. The molecule has 2 N–H and O–H groups in total. The van der Waals surface area contributed by atoms with Crippen LogP contribution in [-0.4, -0.2) is 18.2 Å². The van der Waals surface area contributed by atoms with Gasteiger partial charge >= 0.3 is 5.97 Å². The van der Waals surface area contributed by atoms with Crippen LogP contribution in [0.1, 0.15) is 11.6 Å². The minimum atomic E-state index is -1.02. The molecule has 0 aromatic heterocycles. The molecule has 1 unspecified atom stereocenters. The second kappa shape index (κ2) is 6.70. The van der Waals surface area contributed by atoms with E-state index in [9.17, 15) is 9.90 Å². The summed E-state index contributed by atoms with van der Waals surface area (Å²) in [5, 5.41) is 13.1. The van der Waals surface area contributed by atoms with E-state index in [1.807, 2.05) is 0 Å². The summed E-state index contributed by atoms with van der Waals surface area (Å²) in [5.41, 5.74) is 1.08. The Balaban J connectivity index is 2.35. The molecule has 2 aromatic rings. The van der Waals surface area contributed by atoms with Gasteiger partial charge in [-0.3, -0.25) is 0 Å². The third-order valence-corrected chi connectivity index (χ3v) is 3.67. The highest BCUT2D eigenvalue weighted by Crippen LogP contribution is 2.30. The summed E-state index contributed by atoms with van der Waals surface area (Å²) in [5.74, 6) is -0.525. The average molecular weight is 326 g/mol. The van der Waals surface area contributed by atoms with E-state index in [4.69, 9.17) is 27.9 Å². The molecule has 4 nitrogen and oxygen atoms in total. The molecule has 0 fully saturated rings. The smallest absolute Gasteiger partial charge is 0.330 e. The number of methoxy groups -OCH3 is 1. The van der Waals surface area contributed by atoms with Crippen LogP contribution in [0.15, 0.2) is 42.5 Å². The predicted molar refractivity (Wildman–Crippen MR) is 83.5 cm³/mol. The maximum Gasteiger partial charge on any atom is 0.330 e. The molecule has 0 amide bonds. The van der Waals surface area contributed by atoms with Crippen LogP contribution in [0.4, 0.5) is 5.69 Å². The highest BCUT2D eigenvalue weighted by molar-refractivity contribution is 6.42. The van der Waals surface area contributed by atoms with Crippen molar-refractivity contribution in [1.82, 2.24) is 0 Å². The quantitative estimate of drug-likeness (QED) is 0.863. The van der Waals surface area contributed by atoms with Crippen molar-refractivity contribution in [2.45, 2.75) is 6.04 Å². The molecule has 2 rings (SSSR count). The number of aliphatic carboxylic acids is 1. The molecule has 110 valence electrons. The summed E-state index contributed by atoms with van der Waals surface area (Å²) in [7, 11) is 1.50. The van der Waals surface area contributed by atoms with Crippen LogP contribution in [0.25, 0.3) is 0 Å². The minimum absolute atomic E-state index is 0.353. The Morgan fingerprint density at radius 2 is 1.90 bits per heavy atom. The number of hydrogen-bond donors (Lipinski definition) is 2. The van der Waals surface area contributed by atoms with Crippen LogP contribution in [0.3, 0.4) is 0 Å². The van der Waals surface area contributed by atoms with E-state index in [1.165, 1.54) is 7.11 Å². The van der Waals surface area contributed by atoms with Crippen LogP contribution in [0.5, 0.6) is 5.75 Å². The van der Waals surface area contributed by atoms with Crippen LogP contribution >= 0.6 is 23.2 Å². The summed E-state index contributed by atoms with van der Waals surface area (Å²) in [6, 6.07) is 10.8. The number of ether oxygens (including phenoxy) is 1. The van der Waals surface area contributed by atoms with Crippen molar-refractivity contribution >= 4 is 34.9 Å². The molecular weight excluding hydrogens is 313 g/mol. The third-order valence-electron chi connectivity index (χ3n) is 2.93. The van der Waals surface area contributed by atoms with Crippen LogP contribution in [-0.2, 0) is 4.79 Å². The number of nitrogens with one attached hydrogen (secondary N) is 1. The van der Waals surface area contributed by atoms with Gasteiger partial charge in [0, 0.05) is 11.3 Å². The Kier molecular flexibility index (Phi) is 4.94. The molecule has 0 aliphatic rings. The molecule has 0 aliphatic heterocycles. The van der Waals surface area contributed by atoms with Crippen molar-refractivity contribution in [2.75, 3.05) is 12.4 Å². The molecule has 6 heteroatoms. The number of anilines is 1. The number of halogens is 2. The molecule has 0 spiro atoms. The van der Waals surface area contributed by atoms with Crippen LogP contribution < -0.4 is 10.1 Å². The largest absolute Gasteiger partial charge is 0.496 e. The zero-order valence-corrected chi connectivity index (χ0v) is 12.7. The molecule has 1 atom stereocenters. The van der Waals surface area contributed by atoms with Gasteiger partial charge in [0.05, 0.1) is 17.2 Å². The lowest BCUT2D eigenvalue weighted by atomic mass is 10.1. The van der Waals surface area contributed by atoms with Crippen molar-refractivity contribution in [3.63, 3.8) is 0 Å². The molecule has 0 radical (unpaired) electrons. The van der Waals surface area contributed by atoms with Gasteiger partial charge in [0.2, 0.25) is 0 Å². The van der Waals surface area contributed by atoms with Crippen molar-refractivity contribution < 1.29 is 14.6 Å². The fourth-order valence-corrected chi connectivity index (χ4v) is 2.23. The molecule has 21 heavy (non-hydrogen) atoms. The summed E-state index contributed by atoms with van der Waals surface area (Å²) < 4.78 is 5.21. The second-order valence-corrected chi connectivity index (χ2v) is 5.10. The fourth-order valence-electron chi connectivity index (χ4n) is 1.93. The normalized spacial score (nSPS) is 11.8. The highest BCUT2D eigenvalue weighted by Gasteiger charge is 2.23.